The van der Waals surface area contributed by atoms with Gasteiger partial charge >= 0.3 is 6.18 Å². The van der Waals surface area contributed by atoms with Crippen LogP contribution in [0.5, 0.6) is 0 Å². The zero-order valence-electron chi connectivity index (χ0n) is 17.5. The summed E-state index contributed by atoms with van der Waals surface area (Å²) in [6.07, 6.45) is -4.54. The number of amides is 2. The van der Waals surface area contributed by atoms with E-state index in [1.165, 1.54) is 30.0 Å². The molecule has 0 unspecified atom stereocenters. The number of nitrogens with one attached hydrogen (secondary N) is 1. The minimum absolute atomic E-state index is 0.00228. The third kappa shape index (κ3) is 6.04. The highest BCUT2D eigenvalue weighted by molar-refractivity contribution is 8.01. The monoisotopic (exact) mass is 494 g/mol. The van der Waals surface area contributed by atoms with E-state index in [-0.39, 0.29) is 23.9 Å². The Morgan fingerprint density at radius 1 is 1.03 bits per heavy atom. The van der Waals surface area contributed by atoms with Crippen molar-refractivity contribution in [3.63, 3.8) is 0 Å². The molecule has 0 saturated carbocycles. The average molecular weight is 495 g/mol. The number of halogens is 3. The number of thiazole rings is 1. The lowest BCUT2D eigenvalue weighted by Crippen LogP contribution is -2.50. The summed E-state index contributed by atoms with van der Waals surface area (Å²) in [6.45, 7) is 1.85. The number of anilines is 1. The lowest BCUT2D eigenvalue weighted by atomic mass is 10.1. The third-order valence-electron chi connectivity index (χ3n) is 5.19. The number of thioether (sulfide) groups is 1. The highest BCUT2D eigenvalue weighted by Gasteiger charge is 2.33. The number of hydrogen-bond donors (Lipinski definition) is 1. The molecule has 2 aromatic carbocycles. The van der Waals surface area contributed by atoms with Gasteiger partial charge in [0.2, 0.25) is 11.8 Å². The van der Waals surface area contributed by atoms with Crippen LogP contribution in [0.2, 0.25) is 0 Å². The molecule has 0 aliphatic carbocycles. The van der Waals surface area contributed by atoms with Crippen molar-refractivity contribution in [2.24, 2.45) is 0 Å². The number of piperazine rings is 1. The highest BCUT2D eigenvalue weighted by atomic mass is 32.2. The Balaban J connectivity index is 1.23. The smallest absolute Gasteiger partial charge is 0.339 e. The average Bonchev–Trinajstić information content (AvgIpc) is 3.20. The number of nitrogens with zero attached hydrogens (tertiary/aromatic N) is 3. The second-order valence-corrected chi connectivity index (χ2v) is 9.74. The molecular weight excluding hydrogens is 473 g/mol. The summed E-state index contributed by atoms with van der Waals surface area (Å²) in [4.78, 5) is 33.0. The molecule has 2 heterocycles. The van der Waals surface area contributed by atoms with E-state index in [2.05, 4.69) is 10.3 Å². The molecule has 0 radical (unpaired) electrons. The van der Waals surface area contributed by atoms with Crippen LogP contribution in [0, 0.1) is 0 Å². The Hall–Kier alpha value is -2.63. The molecule has 0 bridgehead atoms. The van der Waals surface area contributed by atoms with Crippen molar-refractivity contribution in [1.82, 2.24) is 14.8 Å². The second-order valence-electron chi connectivity index (χ2n) is 7.48. The summed E-state index contributed by atoms with van der Waals surface area (Å²) >= 11 is 2.96. The predicted octanol–water partition coefficient (Wildman–Crippen LogP) is 4.19. The van der Waals surface area contributed by atoms with Crippen LogP contribution in [0.4, 0.5) is 18.9 Å². The number of carbonyl (C=O) groups is 2. The van der Waals surface area contributed by atoms with Crippen molar-refractivity contribution < 1.29 is 22.8 Å². The molecule has 6 nitrogen and oxygen atoms in total. The fourth-order valence-corrected chi connectivity index (χ4v) is 5.49. The van der Waals surface area contributed by atoms with Crippen LogP contribution in [0.3, 0.4) is 0 Å². The van der Waals surface area contributed by atoms with E-state index in [4.69, 9.17) is 0 Å². The summed E-state index contributed by atoms with van der Waals surface area (Å²) in [5.41, 5.74) is -0.211. The van der Waals surface area contributed by atoms with Crippen LogP contribution >= 0.6 is 23.1 Å². The molecule has 1 aromatic heterocycles. The number of rotatable bonds is 6. The van der Waals surface area contributed by atoms with Crippen molar-refractivity contribution in [3.8, 4) is 0 Å². The van der Waals surface area contributed by atoms with Crippen LogP contribution in [-0.4, -0.2) is 65.1 Å². The standard InChI is InChI=1S/C22H21F3N4O2S2/c23-22(24,25)15-5-1-2-6-16(15)26-19(30)13-28-9-11-29(12-10-28)20(31)14-32-21-27-17-7-3-4-8-18(17)33-21/h1-8H,9-14H2,(H,26,30). The van der Waals surface area contributed by atoms with Gasteiger partial charge in [-0.2, -0.15) is 13.2 Å². The summed E-state index contributed by atoms with van der Waals surface area (Å²) < 4.78 is 41.2. The van der Waals surface area contributed by atoms with Crippen LogP contribution in [0.15, 0.2) is 52.9 Å². The number of fused-ring (bicyclic) bond motifs is 1. The van der Waals surface area contributed by atoms with Gasteiger partial charge in [-0.15, -0.1) is 11.3 Å². The molecule has 1 saturated heterocycles. The number of alkyl halides is 3. The molecule has 0 spiro atoms. The van der Waals surface area contributed by atoms with E-state index in [1.54, 1.807) is 16.2 Å². The van der Waals surface area contributed by atoms with Crippen molar-refractivity contribution in [2.45, 2.75) is 10.5 Å². The molecule has 1 fully saturated rings. The second kappa shape index (κ2) is 10.1. The predicted molar refractivity (Wildman–Crippen MR) is 123 cm³/mol. The van der Waals surface area contributed by atoms with E-state index < -0.39 is 17.6 Å². The maximum atomic E-state index is 13.1. The quantitative estimate of drug-likeness (QED) is 0.521. The van der Waals surface area contributed by atoms with Crippen LogP contribution in [-0.2, 0) is 15.8 Å². The number of para-hydroxylation sites is 2. The lowest BCUT2D eigenvalue weighted by molar-refractivity contribution is -0.137. The maximum absolute atomic E-state index is 13.1. The Kier molecular flexibility index (Phi) is 7.20. The summed E-state index contributed by atoms with van der Waals surface area (Å²) in [5.74, 6) is -0.227. The molecule has 3 aromatic rings. The first-order valence-electron chi connectivity index (χ1n) is 10.2. The van der Waals surface area contributed by atoms with Gasteiger partial charge < -0.3 is 10.2 Å². The fraction of sp³-hybridized carbons (Fsp3) is 0.318. The van der Waals surface area contributed by atoms with E-state index >= 15 is 0 Å². The topological polar surface area (TPSA) is 65.5 Å². The Morgan fingerprint density at radius 2 is 1.73 bits per heavy atom. The van der Waals surface area contributed by atoms with E-state index in [9.17, 15) is 22.8 Å². The first kappa shape index (κ1) is 23.5. The fourth-order valence-electron chi connectivity index (χ4n) is 3.52. The summed E-state index contributed by atoms with van der Waals surface area (Å²) in [6, 6.07) is 12.7. The van der Waals surface area contributed by atoms with Crippen molar-refractivity contribution in [1.29, 1.82) is 0 Å². The molecule has 1 aliphatic heterocycles. The highest BCUT2D eigenvalue weighted by Crippen LogP contribution is 2.34. The van der Waals surface area contributed by atoms with Gasteiger partial charge in [0.1, 0.15) is 0 Å². The van der Waals surface area contributed by atoms with E-state index in [0.29, 0.717) is 26.2 Å². The van der Waals surface area contributed by atoms with Crippen molar-refractivity contribution >= 4 is 50.8 Å². The number of aromatic nitrogens is 1. The molecule has 4 rings (SSSR count). The number of hydrogen-bond acceptors (Lipinski definition) is 6. The van der Waals surface area contributed by atoms with Gasteiger partial charge in [-0.25, -0.2) is 4.98 Å². The van der Waals surface area contributed by atoms with Crippen LogP contribution in [0.25, 0.3) is 10.2 Å². The van der Waals surface area contributed by atoms with E-state index in [0.717, 1.165) is 20.6 Å². The number of benzene rings is 2. The molecule has 1 aliphatic rings. The zero-order chi connectivity index (χ0) is 23.4. The minimum atomic E-state index is -4.54. The first-order chi connectivity index (χ1) is 15.8. The third-order valence-corrected chi connectivity index (χ3v) is 7.36. The SMILES string of the molecule is O=C(CN1CCN(C(=O)CSc2nc3ccccc3s2)CC1)Nc1ccccc1C(F)(F)F. The summed E-state index contributed by atoms with van der Waals surface area (Å²) in [5, 5.41) is 2.36. The maximum Gasteiger partial charge on any atom is 0.418 e. The van der Waals surface area contributed by atoms with Crippen LogP contribution < -0.4 is 5.32 Å². The van der Waals surface area contributed by atoms with Gasteiger partial charge in [0.25, 0.3) is 0 Å². The van der Waals surface area contributed by atoms with E-state index in [1.807, 2.05) is 29.2 Å². The van der Waals surface area contributed by atoms with Gasteiger partial charge in [0, 0.05) is 26.2 Å². The van der Waals surface area contributed by atoms with Crippen molar-refractivity contribution in [2.75, 3.05) is 43.8 Å². The molecule has 2 amide bonds. The zero-order valence-corrected chi connectivity index (χ0v) is 19.1. The van der Waals surface area contributed by atoms with Gasteiger partial charge in [-0.05, 0) is 24.3 Å². The molecule has 33 heavy (non-hydrogen) atoms. The van der Waals surface area contributed by atoms with Gasteiger partial charge in [0.15, 0.2) is 4.34 Å². The van der Waals surface area contributed by atoms with Crippen molar-refractivity contribution in [3.05, 3.63) is 54.1 Å². The van der Waals surface area contributed by atoms with Gasteiger partial charge in [-0.3, -0.25) is 14.5 Å². The van der Waals surface area contributed by atoms with Gasteiger partial charge in [0.05, 0.1) is 33.8 Å². The number of carbonyl (C=O) groups excluding carboxylic acids is 2. The Bertz CT molecular complexity index is 1110. The first-order valence-corrected chi connectivity index (χ1v) is 12.0. The Morgan fingerprint density at radius 3 is 2.45 bits per heavy atom. The Labute approximate surface area is 196 Å². The molecule has 174 valence electrons. The van der Waals surface area contributed by atoms with Gasteiger partial charge in [-0.1, -0.05) is 36.0 Å². The lowest BCUT2D eigenvalue weighted by Gasteiger charge is -2.34. The molecule has 0 atom stereocenters. The van der Waals surface area contributed by atoms with Crippen LogP contribution in [0.1, 0.15) is 5.56 Å². The summed E-state index contributed by atoms with van der Waals surface area (Å²) in [7, 11) is 0. The molecule has 11 heteroatoms. The normalized spacial score (nSPS) is 15.1. The largest absolute Gasteiger partial charge is 0.418 e. The molecule has 1 N–H and O–H groups in total. The molecular formula is C22H21F3N4O2S2. The minimum Gasteiger partial charge on any atom is -0.339 e.